The van der Waals surface area contributed by atoms with Gasteiger partial charge in [-0.05, 0) is 62.4 Å². The van der Waals surface area contributed by atoms with Crippen LogP contribution < -0.4 is 11.1 Å². The summed E-state index contributed by atoms with van der Waals surface area (Å²) in [7, 11) is 0. The zero-order chi connectivity index (χ0) is 30.8. The Balaban J connectivity index is 1.47. The van der Waals surface area contributed by atoms with Crippen LogP contribution >= 0.6 is 0 Å². The van der Waals surface area contributed by atoms with Crippen molar-refractivity contribution >= 4 is 11.8 Å². The highest BCUT2D eigenvalue weighted by Crippen LogP contribution is 2.29. The van der Waals surface area contributed by atoms with Gasteiger partial charge in [-0.25, -0.2) is 0 Å². The lowest BCUT2D eigenvalue weighted by atomic mass is 9.83. The van der Waals surface area contributed by atoms with Crippen molar-refractivity contribution in [3.63, 3.8) is 0 Å². The van der Waals surface area contributed by atoms with Crippen molar-refractivity contribution < 1.29 is 19.4 Å². The van der Waals surface area contributed by atoms with Crippen molar-refractivity contribution in [1.29, 1.82) is 0 Å². The maximum absolute atomic E-state index is 13.9. The number of aliphatic hydroxyl groups excluding tert-OH is 1. The Kier molecular flexibility index (Phi) is 11.2. The van der Waals surface area contributed by atoms with Crippen LogP contribution in [0.4, 0.5) is 0 Å². The number of amides is 2. The van der Waals surface area contributed by atoms with E-state index >= 15 is 0 Å². The van der Waals surface area contributed by atoms with Crippen LogP contribution in [-0.2, 0) is 27.4 Å². The summed E-state index contributed by atoms with van der Waals surface area (Å²) >= 11 is 0. The minimum absolute atomic E-state index is 0.0462. The lowest BCUT2D eigenvalue weighted by molar-refractivity contribution is -0.141. The van der Waals surface area contributed by atoms with Crippen LogP contribution in [0.3, 0.4) is 0 Å². The summed E-state index contributed by atoms with van der Waals surface area (Å²) in [6.45, 7) is 6.26. The number of carbonyl (C=O) groups is 2. The molecule has 0 bridgehead atoms. The van der Waals surface area contributed by atoms with E-state index in [4.69, 9.17) is 10.5 Å². The van der Waals surface area contributed by atoms with E-state index in [9.17, 15) is 14.7 Å². The standard InChI is InChI=1S/C35H44N4O4/c1-25(36)33(41)38-32(26(2)43-23-27-11-5-4-6-12-27)34(42)39-20-10-15-30(39)17-18-35(3,24-40)22-28-13-9-14-29(21-28)31-16-7-8-19-37-31/h4-9,11-14,16-19,21,25-26,30,32,40H,10,15,20,22-24,36H2,1-3H3,(H,38,41)/t25-,26+,30-,32-,35-/m0/s1. The van der Waals surface area contributed by atoms with Crippen LogP contribution in [-0.4, -0.2) is 64.2 Å². The topological polar surface area (TPSA) is 118 Å². The maximum Gasteiger partial charge on any atom is 0.248 e. The third-order valence-electron chi connectivity index (χ3n) is 7.96. The quantitative estimate of drug-likeness (QED) is 0.258. The Morgan fingerprint density at radius 1 is 1.12 bits per heavy atom. The Morgan fingerprint density at radius 2 is 1.86 bits per heavy atom. The normalized spacial score (nSPS) is 18.6. The Morgan fingerprint density at radius 3 is 2.56 bits per heavy atom. The van der Waals surface area contributed by atoms with Gasteiger partial charge in [-0.3, -0.25) is 14.6 Å². The number of nitrogens with zero attached hydrogens (tertiary/aromatic N) is 2. The van der Waals surface area contributed by atoms with Gasteiger partial charge in [-0.2, -0.15) is 0 Å². The summed E-state index contributed by atoms with van der Waals surface area (Å²) in [6, 6.07) is 22.0. The summed E-state index contributed by atoms with van der Waals surface area (Å²) in [5.41, 5.74) is 9.30. The molecule has 0 spiro atoms. The van der Waals surface area contributed by atoms with Crippen LogP contribution in [0.15, 0.2) is 91.1 Å². The third-order valence-corrected chi connectivity index (χ3v) is 7.96. The predicted molar refractivity (Wildman–Crippen MR) is 169 cm³/mol. The van der Waals surface area contributed by atoms with Crippen LogP contribution in [0.25, 0.3) is 11.3 Å². The van der Waals surface area contributed by atoms with Gasteiger partial charge in [-0.15, -0.1) is 0 Å². The highest BCUT2D eigenvalue weighted by molar-refractivity contribution is 5.90. The fourth-order valence-electron chi connectivity index (χ4n) is 5.36. The molecule has 1 aromatic heterocycles. The van der Waals surface area contributed by atoms with Crippen molar-refractivity contribution in [2.75, 3.05) is 13.2 Å². The largest absolute Gasteiger partial charge is 0.395 e. The zero-order valence-electron chi connectivity index (χ0n) is 25.4. The van der Waals surface area contributed by atoms with Crippen molar-refractivity contribution in [3.05, 3.63) is 102 Å². The van der Waals surface area contributed by atoms with E-state index in [1.165, 1.54) is 0 Å². The van der Waals surface area contributed by atoms with E-state index in [1.807, 2.05) is 84.6 Å². The molecule has 5 atom stereocenters. The van der Waals surface area contributed by atoms with Crippen LogP contribution in [0, 0.1) is 5.41 Å². The SMILES string of the molecule is C[C@H](N)C(=O)N[C@H](C(=O)N1CCC[C@H]1C=C[C@](C)(CO)Cc1cccc(-c2ccccn2)c1)[C@@H](C)OCc1ccccc1. The predicted octanol–water partition coefficient (Wildman–Crippen LogP) is 4.27. The summed E-state index contributed by atoms with van der Waals surface area (Å²) < 4.78 is 6.07. The van der Waals surface area contributed by atoms with E-state index in [0.717, 1.165) is 35.2 Å². The van der Waals surface area contributed by atoms with Gasteiger partial charge in [0.25, 0.3) is 0 Å². The summed E-state index contributed by atoms with van der Waals surface area (Å²) in [6.07, 6.45) is 7.53. The monoisotopic (exact) mass is 584 g/mol. The number of benzene rings is 2. The first-order chi connectivity index (χ1) is 20.7. The average molecular weight is 585 g/mol. The van der Waals surface area contributed by atoms with Gasteiger partial charge in [0.1, 0.15) is 6.04 Å². The highest BCUT2D eigenvalue weighted by atomic mass is 16.5. The molecule has 8 nitrogen and oxygen atoms in total. The van der Waals surface area contributed by atoms with E-state index in [-0.39, 0.29) is 18.6 Å². The number of nitrogens with one attached hydrogen (secondary N) is 1. The fraction of sp³-hybridized carbons (Fsp3) is 0.400. The first kappa shape index (κ1) is 32.1. The molecule has 1 aliphatic heterocycles. The highest BCUT2D eigenvalue weighted by Gasteiger charge is 2.37. The van der Waals surface area contributed by atoms with Crippen molar-refractivity contribution in [1.82, 2.24) is 15.2 Å². The number of aliphatic hydroxyl groups is 1. The molecule has 2 aromatic carbocycles. The smallest absolute Gasteiger partial charge is 0.248 e. The molecule has 4 N–H and O–H groups in total. The molecule has 0 unspecified atom stereocenters. The summed E-state index contributed by atoms with van der Waals surface area (Å²) in [5.74, 6) is -0.601. The second kappa shape index (κ2) is 15.0. The molecule has 228 valence electrons. The maximum atomic E-state index is 13.9. The number of hydrogen-bond donors (Lipinski definition) is 3. The first-order valence-electron chi connectivity index (χ1n) is 15.0. The van der Waals surface area contributed by atoms with E-state index < -0.39 is 29.5 Å². The van der Waals surface area contributed by atoms with Gasteiger partial charge < -0.3 is 25.8 Å². The minimum atomic E-state index is -0.880. The van der Waals surface area contributed by atoms with Gasteiger partial charge in [0, 0.05) is 23.7 Å². The lowest BCUT2D eigenvalue weighted by Gasteiger charge is -2.32. The molecule has 2 heterocycles. The number of ether oxygens (including phenoxy) is 1. The molecule has 4 rings (SSSR count). The molecule has 0 saturated carbocycles. The fourth-order valence-corrected chi connectivity index (χ4v) is 5.36. The summed E-state index contributed by atoms with van der Waals surface area (Å²) in [4.78, 5) is 32.8. The third kappa shape index (κ3) is 8.83. The van der Waals surface area contributed by atoms with Crippen molar-refractivity contribution in [2.24, 2.45) is 11.1 Å². The van der Waals surface area contributed by atoms with E-state index in [1.54, 1.807) is 20.0 Å². The molecule has 3 aromatic rings. The number of nitrogens with two attached hydrogens (primary N) is 1. The van der Waals surface area contributed by atoms with Crippen LogP contribution in [0.5, 0.6) is 0 Å². The van der Waals surface area contributed by atoms with Crippen LogP contribution in [0.1, 0.15) is 44.7 Å². The zero-order valence-corrected chi connectivity index (χ0v) is 25.4. The first-order valence-corrected chi connectivity index (χ1v) is 15.0. The molecule has 0 radical (unpaired) electrons. The van der Waals surface area contributed by atoms with E-state index in [2.05, 4.69) is 22.4 Å². The minimum Gasteiger partial charge on any atom is -0.395 e. The molecule has 1 saturated heterocycles. The Hall–Kier alpha value is -3.85. The molecule has 2 amide bonds. The molecular weight excluding hydrogens is 540 g/mol. The van der Waals surface area contributed by atoms with Gasteiger partial charge in [0.2, 0.25) is 11.8 Å². The Labute approximate surface area is 255 Å². The molecule has 1 aliphatic rings. The number of aromatic nitrogens is 1. The number of likely N-dealkylation sites (tertiary alicyclic amines) is 1. The summed E-state index contributed by atoms with van der Waals surface area (Å²) in [5, 5.41) is 13.3. The van der Waals surface area contributed by atoms with Crippen LogP contribution in [0.2, 0.25) is 0 Å². The number of hydrogen-bond acceptors (Lipinski definition) is 6. The van der Waals surface area contributed by atoms with Gasteiger partial charge in [0.15, 0.2) is 0 Å². The molecular formula is C35H44N4O4. The lowest BCUT2D eigenvalue weighted by Crippen LogP contribution is -2.57. The average Bonchev–Trinajstić information content (AvgIpc) is 3.51. The second-order valence-corrected chi connectivity index (χ2v) is 11.8. The van der Waals surface area contributed by atoms with Gasteiger partial charge in [0.05, 0.1) is 37.1 Å². The number of rotatable bonds is 13. The molecule has 8 heteroatoms. The van der Waals surface area contributed by atoms with Gasteiger partial charge in [-0.1, -0.05) is 73.7 Å². The number of carbonyl (C=O) groups excluding carboxylic acids is 2. The second-order valence-electron chi connectivity index (χ2n) is 11.8. The molecule has 1 fully saturated rings. The number of pyridine rings is 1. The molecule has 43 heavy (non-hydrogen) atoms. The van der Waals surface area contributed by atoms with E-state index in [0.29, 0.717) is 19.6 Å². The van der Waals surface area contributed by atoms with Crippen molar-refractivity contribution in [2.45, 2.75) is 70.9 Å². The molecule has 0 aliphatic carbocycles. The van der Waals surface area contributed by atoms with Gasteiger partial charge >= 0.3 is 0 Å². The Bertz CT molecular complexity index is 1360. The van der Waals surface area contributed by atoms with Crippen molar-refractivity contribution in [3.8, 4) is 11.3 Å².